The van der Waals surface area contributed by atoms with E-state index in [1.807, 2.05) is 0 Å². The van der Waals surface area contributed by atoms with Gasteiger partial charge in [0.05, 0.1) is 12.7 Å². The van der Waals surface area contributed by atoms with Crippen LogP contribution in [0.4, 0.5) is 13.2 Å². The zero-order valence-electron chi connectivity index (χ0n) is 12.2. The zero-order valence-corrected chi connectivity index (χ0v) is 12.2. The van der Waals surface area contributed by atoms with Crippen molar-refractivity contribution >= 4 is 0 Å². The Morgan fingerprint density at radius 1 is 1.33 bits per heavy atom. The summed E-state index contributed by atoms with van der Waals surface area (Å²) in [6.45, 7) is 2.24. The quantitative estimate of drug-likeness (QED) is 0.753. The van der Waals surface area contributed by atoms with Gasteiger partial charge in [-0.3, -0.25) is 9.64 Å². The number of methoxy groups -OCH3 is 1. The van der Waals surface area contributed by atoms with Crippen LogP contribution in [0.2, 0.25) is 0 Å². The van der Waals surface area contributed by atoms with Crippen molar-refractivity contribution in [3.63, 3.8) is 0 Å². The third-order valence-electron chi connectivity index (χ3n) is 4.19. The molecule has 5 nitrogen and oxygen atoms in total. The Bertz CT molecular complexity index is 337. The van der Waals surface area contributed by atoms with Gasteiger partial charge >= 0.3 is 6.36 Å². The van der Waals surface area contributed by atoms with E-state index in [0.29, 0.717) is 19.5 Å². The Morgan fingerprint density at radius 2 is 2.05 bits per heavy atom. The molecule has 2 rings (SSSR count). The minimum atomic E-state index is -4.65. The van der Waals surface area contributed by atoms with Crippen LogP contribution in [0.5, 0.6) is 0 Å². The van der Waals surface area contributed by atoms with Crippen molar-refractivity contribution < 1.29 is 27.4 Å². The Hall–Kier alpha value is -0.410. The highest BCUT2D eigenvalue weighted by atomic mass is 19.4. The average molecular weight is 312 g/mol. The topological polar surface area (TPSA) is 57.0 Å². The molecule has 1 heterocycles. The molecule has 21 heavy (non-hydrogen) atoms. The van der Waals surface area contributed by atoms with Crippen LogP contribution in [-0.4, -0.2) is 62.5 Å². The van der Waals surface area contributed by atoms with E-state index < -0.39 is 12.1 Å². The number of hydrogen-bond donors (Lipinski definition) is 1. The first-order valence-corrected chi connectivity index (χ1v) is 7.25. The molecule has 0 spiro atoms. The van der Waals surface area contributed by atoms with Gasteiger partial charge in [-0.2, -0.15) is 0 Å². The van der Waals surface area contributed by atoms with E-state index in [0.717, 1.165) is 13.0 Å². The van der Waals surface area contributed by atoms with Gasteiger partial charge in [-0.1, -0.05) is 0 Å². The molecule has 0 aromatic carbocycles. The lowest BCUT2D eigenvalue weighted by molar-refractivity contribution is -0.434. The normalized spacial score (nSPS) is 30.1. The number of hydrogen-bond acceptors (Lipinski definition) is 5. The summed E-state index contributed by atoms with van der Waals surface area (Å²) in [7, 11) is 1.62. The lowest BCUT2D eigenvalue weighted by Gasteiger charge is -2.42. The second-order valence-corrected chi connectivity index (χ2v) is 5.69. The molecule has 0 aromatic heterocycles. The number of halogens is 3. The molecule has 1 saturated carbocycles. The smallest absolute Gasteiger partial charge is 0.379 e. The van der Waals surface area contributed by atoms with Crippen molar-refractivity contribution in [2.75, 3.05) is 33.4 Å². The number of alkyl halides is 3. The third kappa shape index (κ3) is 4.79. The molecule has 2 aliphatic rings. The fourth-order valence-electron chi connectivity index (χ4n) is 2.76. The summed E-state index contributed by atoms with van der Waals surface area (Å²) in [6.07, 6.45) is -2.61. The molecule has 0 amide bonds. The molecule has 8 heteroatoms. The van der Waals surface area contributed by atoms with Crippen molar-refractivity contribution in [3.05, 3.63) is 0 Å². The highest BCUT2D eigenvalue weighted by Gasteiger charge is 2.48. The van der Waals surface area contributed by atoms with Crippen LogP contribution in [-0.2, 0) is 14.2 Å². The Kier molecular flexibility index (Phi) is 5.48. The Balaban J connectivity index is 1.73. The molecule has 2 atom stereocenters. The predicted molar refractivity (Wildman–Crippen MR) is 69.5 cm³/mol. The maximum Gasteiger partial charge on any atom is 0.524 e. The summed E-state index contributed by atoms with van der Waals surface area (Å²) >= 11 is 0. The molecule has 0 bridgehead atoms. The third-order valence-corrected chi connectivity index (χ3v) is 4.19. The van der Waals surface area contributed by atoms with Gasteiger partial charge in [-0.25, -0.2) is 0 Å². The van der Waals surface area contributed by atoms with Crippen LogP contribution in [0.25, 0.3) is 0 Å². The van der Waals surface area contributed by atoms with Crippen molar-refractivity contribution in [1.29, 1.82) is 0 Å². The Morgan fingerprint density at radius 3 is 2.57 bits per heavy atom. The first-order valence-electron chi connectivity index (χ1n) is 7.25. The fraction of sp³-hybridized carbons (Fsp3) is 1.00. The summed E-state index contributed by atoms with van der Waals surface area (Å²) in [5.74, 6) is -1.47. The van der Waals surface area contributed by atoms with Gasteiger partial charge in [-0.15, -0.1) is 13.2 Å². The van der Waals surface area contributed by atoms with E-state index in [-0.39, 0.29) is 31.6 Å². The molecule has 2 fully saturated rings. The first kappa shape index (κ1) is 17.0. The monoisotopic (exact) mass is 312 g/mol. The standard InChI is InChI=1S/C13H23F3N2O3/c1-19-11-9-18(6-3-10(11)17)7-8-20-12(4-2-5-12)21-13(14,15)16/h10-11H,2-9,17H2,1H3/t10-,11-/m1/s1. The molecule has 0 aromatic rings. The van der Waals surface area contributed by atoms with Gasteiger partial charge in [0.25, 0.3) is 0 Å². The van der Waals surface area contributed by atoms with Gasteiger partial charge in [0.15, 0.2) is 5.79 Å². The largest absolute Gasteiger partial charge is 0.524 e. The number of nitrogens with zero attached hydrogens (tertiary/aromatic N) is 1. The van der Waals surface area contributed by atoms with Crippen LogP contribution in [0.3, 0.4) is 0 Å². The Labute approximate surface area is 122 Å². The second kappa shape index (κ2) is 6.78. The molecular weight excluding hydrogens is 289 g/mol. The molecule has 1 saturated heterocycles. The fourth-order valence-corrected chi connectivity index (χ4v) is 2.76. The van der Waals surface area contributed by atoms with Gasteiger partial charge in [0, 0.05) is 39.1 Å². The molecule has 0 unspecified atom stereocenters. The SMILES string of the molecule is CO[C@@H]1CN(CCOC2(OC(F)(F)F)CCC2)CC[C@H]1N. The summed E-state index contributed by atoms with van der Waals surface area (Å²) in [4.78, 5) is 2.09. The van der Waals surface area contributed by atoms with Gasteiger partial charge in [-0.05, 0) is 19.4 Å². The van der Waals surface area contributed by atoms with Crippen molar-refractivity contribution in [2.45, 2.75) is 50.0 Å². The van der Waals surface area contributed by atoms with Crippen LogP contribution in [0.15, 0.2) is 0 Å². The molecule has 124 valence electrons. The van der Waals surface area contributed by atoms with E-state index >= 15 is 0 Å². The first-order chi connectivity index (χ1) is 9.84. The predicted octanol–water partition coefficient (Wildman–Crippen LogP) is 1.47. The van der Waals surface area contributed by atoms with Crippen molar-refractivity contribution in [3.8, 4) is 0 Å². The highest BCUT2D eigenvalue weighted by Crippen LogP contribution is 2.41. The van der Waals surface area contributed by atoms with Crippen LogP contribution < -0.4 is 5.73 Å². The zero-order chi connectivity index (χ0) is 15.5. The average Bonchev–Trinajstić information content (AvgIpc) is 2.36. The minimum Gasteiger partial charge on any atom is -0.379 e. The molecule has 1 aliphatic carbocycles. The molecule has 1 aliphatic heterocycles. The molecule has 0 radical (unpaired) electrons. The second-order valence-electron chi connectivity index (χ2n) is 5.69. The van der Waals surface area contributed by atoms with E-state index in [9.17, 15) is 13.2 Å². The van der Waals surface area contributed by atoms with Gasteiger partial charge in [0.2, 0.25) is 0 Å². The minimum absolute atomic E-state index is 0.0127. The van der Waals surface area contributed by atoms with Crippen molar-refractivity contribution in [2.24, 2.45) is 5.73 Å². The van der Waals surface area contributed by atoms with E-state index in [2.05, 4.69) is 9.64 Å². The number of ether oxygens (including phenoxy) is 3. The highest BCUT2D eigenvalue weighted by molar-refractivity contribution is 4.84. The van der Waals surface area contributed by atoms with Crippen molar-refractivity contribution in [1.82, 2.24) is 4.90 Å². The van der Waals surface area contributed by atoms with Crippen LogP contribution in [0.1, 0.15) is 25.7 Å². The van der Waals surface area contributed by atoms with Crippen LogP contribution >= 0.6 is 0 Å². The summed E-state index contributed by atoms with van der Waals surface area (Å²) < 4.78 is 51.9. The molecule has 2 N–H and O–H groups in total. The summed E-state index contributed by atoms with van der Waals surface area (Å²) in [5.41, 5.74) is 5.92. The number of nitrogens with two attached hydrogens (primary N) is 1. The van der Waals surface area contributed by atoms with Crippen LogP contribution in [0, 0.1) is 0 Å². The maximum absolute atomic E-state index is 12.4. The maximum atomic E-state index is 12.4. The number of likely N-dealkylation sites (tertiary alicyclic amines) is 1. The summed E-state index contributed by atoms with van der Waals surface area (Å²) in [6, 6.07) is 0.0127. The van der Waals surface area contributed by atoms with Gasteiger partial charge in [0.1, 0.15) is 0 Å². The molecular formula is C13H23F3N2O3. The summed E-state index contributed by atoms with van der Waals surface area (Å²) in [5, 5.41) is 0. The number of piperidine rings is 1. The van der Waals surface area contributed by atoms with E-state index in [1.54, 1.807) is 7.11 Å². The van der Waals surface area contributed by atoms with E-state index in [4.69, 9.17) is 15.2 Å². The van der Waals surface area contributed by atoms with E-state index in [1.165, 1.54) is 0 Å². The lowest BCUT2D eigenvalue weighted by atomic mass is 9.91. The number of rotatable bonds is 6. The van der Waals surface area contributed by atoms with Gasteiger partial charge < -0.3 is 15.2 Å². The lowest BCUT2D eigenvalue weighted by Crippen LogP contribution is -2.53.